The van der Waals surface area contributed by atoms with Crippen molar-refractivity contribution in [2.45, 2.75) is 0 Å². The lowest BCUT2D eigenvalue weighted by atomic mass is 9.95. The summed E-state index contributed by atoms with van der Waals surface area (Å²) >= 11 is 1.83. The minimum Gasteiger partial charge on any atom is -0.254 e. The highest BCUT2D eigenvalue weighted by Crippen LogP contribution is 2.40. The van der Waals surface area contributed by atoms with Crippen molar-refractivity contribution in [3.8, 4) is 39.4 Å². The van der Waals surface area contributed by atoms with E-state index in [0.29, 0.717) is 5.56 Å². The van der Waals surface area contributed by atoms with Crippen LogP contribution in [0.5, 0.6) is 0 Å². The molecule has 0 aliphatic carbocycles. The molecular formula is C37H21N3S. The summed E-state index contributed by atoms with van der Waals surface area (Å²) in [5.74, 6) is 0. The van der Waals surface area contributed by atoms with E-state index in [1.807, 2.05) is 60.1 Å². The SMILES string of the molecule is N#Cc1ccc(-c2cccc(-c3ccc4sc5ccc(-c6cc7cccnc7c7ncccc67)cc5c4c3)c2)cc1. The van der Waals surface area contributed by atoms with Crippen molar-refractivity contribution in [1.29, 1.82) is 5.26 Å². The first kappa shape index (κ1) is 23.5. The Balaban J connectivity index is 1.27. The van der Waals surface area contributed by atoms with Gasteiger partial charge in [0.25, 0.3) is 0 Å². The Morgan fingerprint density at radius 2 is 1.15 bits per heavy atom. The minimum atomic E-state index is 0.670. The smallest absolute Gasteiger partial charge is 0.0991 e. The van der Waals surface area contributed by atoms with Gasteiger partial charge in [-0.1, -0.05) is 54.6 Å². The second kappa shape index (κ2) is 9.38. The zero-order chi connectivity index (χ0) is 27.3. The summed E-state index contributed by atoms with van der Waals surface area (Å²) in [6.45, 7) is 0. The van der Waals surface area contributed by atoms with Crippen molar-refractivity contribution >= 4 is 53.3 Å². The Hall–Kier alpha value is -5.37. The lowest BCUT2D eigenvalue weighted by Crippen LogP contribution is -1.88. The maximum absolute atomic E-state index is 9.15. The number of benzene rings is 5. The Kier molecular flexibility index (Phi) is 5.38. The summed E-state index contributed by atoms with van der Waals surface area (Å²) in [4.78, 5) is 9.33. The number of nitrogens with zero attached hydrogens (tertiary/aromatic N) is 3. The molecule has 8 aromatic rings. The van der Waals surface area contributed by atoms with E-state index in [0.717, 1.165) is 32.9 Å². The van der Waals surface area contributed by atoms with Gasteiger partial charge in [-0.15, -0.1) is 11.3 Å². The molecule has 3 aromatic heterocycles. The first-order valence-electron chi connectivity index (χ1n) is 13.5. The van der Waals surface area contributed by atoms with Crippen molar-refractivity contribution in [2.24, 2.45) is 0 Å². The predicted octanol–water partition coefficient (Wildman–Crippen LogP) is 10.0. The summed E-state index contributed by atoms with van der Waals surface area (Å²) in [7, 11) is 0. The molecule has 0 aliphatic rings. The molecule has 0 amide bonds. The Labute approximate surface area is 240 Å². The van der Waals surface area contributed by atoms with Gasteiger partial charge in [-0.2, -0.15) is 5.26 Å². The van der Waals surface area contributed by atoms with Crippen molar-refractivity contribution < 1.29 is 0 Å². The van der Waals surface area contributed by atoms with E-state index in [1.165, 1.54) is 42.4 Å². The molecule has 190 valence electrons. The molecule has 3 nitrogen and oxygen atoms in total. The van der Waals surface area contributed by atoms with Crippen LogP contribution in [0.2, 0.25) is 0 Å². The second-order valence-electron chi connectivity index (χ2n) is 10.2. The van der Waals surface area contributed by atoms with E-state index in [2.05, 4.69) is 89.9 Å². The lowest BCUT2D eigenvalue weighted by molar-refractivity contribution is 1.37. The summed E-state index contributed by atoms with van der Waals surface area (Å²) in [5.41, 5.74) is 9.47. The topological polar surface area (TPSA) is 49.6 Å². The average molecular weight is 540 g/mol. The number of fused-ring (bicyclic) bond motifs is 6. The maximum atomic E-state index is 9.15. The number of nitriles is 1. The molecule has 8 rings (SSSR count). The van der Waals surface area contributed by atoms with Gasteiger partial charge >= 0.3 is 0 Å². The van der Waals surface area contributed by atoms with E-state index in [1.54, 1.807) is 0 Å². The first-order valence-corrected chi connectivity index (χ1v) is 14.3. The molecule has 0 fully saturated rings. The van der Waals surface area contributed by atoms with Crippen LogP contribution in [0.1, 0.15) is 5.56 Å². The molecule has 0 N–H and O–H groups in total. The van der Waals surface area contributed by atoms with E-state index < -0.39 is 0 Å². The summed E-state index contributed by atoms with van der Waals surface area (Å²) in [6.07, 6.45) is 3.67. The number of aromatic nitrogens is 2. The molecule has 0 bridgehead atoms. The van der Waals surface area contributed by atoms with E-state index >= 15 is 0 Å². The lowest BCUT2D eigenvalue weighted by Gasteiger charge is -2.10. The van der Waals surface area contributed by atoms with Crippen LogP contribution in [0.25, 0.3) is 75.4 Å². The monoisotopic (exact) mass is 539 g/mol. The molecule has 0 saturated carbocycles. The quantitative estimate of drug-likeness (QED) is 0.210. The highest BCUT2D eigenvalue weighted by atomic mass is 32.1. The zero-order valence-corrected chi connectivity index (χ0v) is 22.7. The van der Waals surface area contributed by atoms with Gasteiger partial charge in [0, 0.05) is 43.3 Å². The molecule has 0 radical (unpaired) electrons. The molecule has 0 aliphatic heterocycles. The Morgan fingerprint density at radius 1 is 0.512 bits per heavy atom. The van der Waals surface area contributed by atoms with Crippen LogP contribution in [0, 0.1) is 11.3 Å². The second-order valence-corrected chi connectivity index (χ2v) is 11.3. The maximum Gasteiger partial charge on any atom is 0.0991 e. The minimum absolute atomic E-state index is 0.670. The molecule has 0 spiro atoms. The van der Waals surface area contributed by atoms with Gasteiger partial charge in [0.1, 0.15) is 0 Å². The first-order chi connectivity index (χ1) is 20.2. The number of hydrogen-bond donors (Lipinski definition) is 0. The molecule has 4 heteroatoms. The highest BCUT2D eigenvalue weighted by molar-refractivity contribution is 7.25. The summed E-state index contributed by atoms with van der Waals surface area (Å²) in [6, 6.07) is 42.6. The van der Waals surface area contributed by atoms with Crippen LogP contribution < -0.4 is 0 Å². The molecule has 0 atom stereocenters. The summed E-state index contributed by atoms with van der Waals surface area (Å²) in [5, 5.41) is 13.9. The fourth-order valence-corrected chi connectivity index (χ4v) is 6.82. The number of rotatable bonds is 3. The predicted molar refractivity (Wildman–Crippen MR) is 171 cm³/mol. The third-order valence-electron chi connectivity index (χ3n) is 7.78. The van der Waals surface area contributed by atoms with Crippen molar-refractivity contribution in [2.75, 3.05) is 0 Å². The van der Waals surface area contributed by atoms with E-state index in [9.17, 15) is 0 Å². The molecule has 5 aromatic carbocycles. The average Bonchev–Trinajstić information content (AvgIpc) is 3.42. The van der Waals surface area contributed by atoms with Gasteiger partial charge in [0.05, 0.1) is 22.7 Å². The van der Waals surface area contributed by atoms with Gasteiger partial charge in [-0.3, -0.25) is 9.97 Å². The third kappa shape index (κ3) is 3.95. The fraction of sp³-hybridized carbons (Fsp3) is 0. The van der Waals surface area contributed by atoms with Gasteiger partial charge in [-0.05, 0) is 94.0 Å². The largest absolute Gasteiger partial charge is 0.254 e. The number of pyridine rings is 2. The van der Waals surface area contributed by atoms with Crippen LogP contribution in [-0.2, 0) is 0 Å². The molecule has 0 saturated heterocycles. The Morgan fingerprint density at radius 3 is 1.93 bits per heavy atom. The van der Waals surface area contributed by atoms with Crippen molar-refractivity contribution in [1.82, 2.24) is 9.97 Å². The normalized spacial score (nSPS) is 11.4. The van der Waals surface area contributed by atoms with Gasteiger partial charge in [0.2, 0.25) is 0 Å². The third-order valence-corrected chi connectivity index (χ3v) is 8.94. The van der Waals surface area contributed by atoms with Gasteiger partial charge in [-0.25, -0.2) is 0 Å². The van der Waals surface area contributed by atoms with Crippen LogP contribution >= 0.6 is 11.3 Å². The fourth-order valence-electron chi connectivity index (χ4n) is 5.76. The summed E-state index contributed by atoms with van der Waals surface area (Å²) < 4.78 is 2.55. The number of thiophene rings is 1. The van der Waals surface area contributed by atoms with Crippen LogP contribution in [-0.4, -0.2) is 9.97 Å². The number of hydrogen-bond acceptors (Lipinski definition) is 4. The molecule has 41 heavy (non-hydrogen) atoms. The Bertz CT molecular complexity index is 2330. The van der Waals surface area contributed by atoms with Crippen LogP contribution in [0.4, 0.5) is 0 Å². The van der Waals surface area contributed by atoms with E-state index in [4.69, 9.17) is 10.2 Å². The zero-order valence-electron chi connectivity index (χ0n) is 21.9. The van der Waals surface area contributed by atoms with Crippen LogP contribution in [0.15, 0.2) is 128 Å². The van der Waals surface area contributed by atoms with Crippen molar-refractivity contribution in [3.63, 3.8) is 0 Å². The van der Waals surface area contributed by atoms with E-state index in [-0.39, 0.29) is 0 Å². The van der Waals surface area contributed by atoms with Crippen LogP contribution in [0.3, 0.4) is 0 Å². The molecular weight excluding hydrogens is 518 g/mol. The van der Waals surface area contributed by atoms with Gasteiger partial charge < -0.3 is 0 Å². The highest BCUT2D eigenvalue weighted by Gasteiger charge is 2.13. The van der Waals surface area contributed by atoms with Gasteiger partial charge in [0.15, 0.2) is 0 Å². The standard InChI is InChI=1S/C37H21N3S/c38-22-23-8-10-24(11-9-23)25-4-1-5-26(18-25)27-12-14-34-32(19-27)33-20-28(13-15-35(33)41-34)31-21-29-6-2-16-39-36(29)37-30(31)7-3-17-40-37/h1-21H. The molecule has 3 heterocycles. The molecule has 0 unspecified atom stereocenters. The van der Waals surface area contributed by atoms with Crippen molar-refractivity contribution in [3.05, 3.63) is 133 Å².